The minimum absolute atomic E-state index is 0.134. The van der Waals surface area contributed by atoms with Gasteiger partial charge < -0.3 is 14.8 Å². The number of methoxy groups -OCH3 is 2. The number of thiazole rings is 1. The summed E-state index contributed by atoms with van der Waals surface area (Å²) >= 11 is 1.56. The molecule has 0 fully saturated rings. The molecule has 0 unspecified atom stereocenters. The Morgan fingerprint density at radius 2 is 2.16 bits per heavy atom. The Bertz CT molecular complexity index is 898. The highest BCUT2D eigenvalue weighted by Gasteiger charge is 2.05. The van der Waals surface area contributed by atoms with E-state index in [-0.39, 0.29) is 5.91 Å². The predicted molar refractivity (Wildman–Crippen MR) is 98.4 cm³/mol. The second-order valence-corrected chi connectivity index (χ2v) is 6.18. The first-order valence-electron chi connectivity index (χ1n) is 7.78. The van der Waals surface area contributed by atoms with Gasteiger partial charge in [-0.15, -0.1) is 11.3 Å². The maximum Gasteiger partial charge on any atom is 0.244 e. The van der Waals surface area contributed by atoms with Crippen molar-refractivity contribution in [1.82, 2.24) is 14.7 Å². The normalized spacial score (nSPS) is 11.1. The number of carbonyl (C=O) groups excluding carboxylic acids is 1. The summed E-state index contributed by atoms with van der Waals surface area (Å²) in [5.41, 5.74) is 1.95. The van der Waals surface area contributed by atoms with Gasteiger partial charge >= 0.3 is 0 Å². The summed E-state index contributed by atoms with van der Waals surface area (Å²) in [5, 5.41) is 4.84. The van der Waals surface area contributed by atoms with E-state index < -0.39 is 0 Å². The van der Waals surface area contributed by atoms with Crippen molar-refractivity contribution in [3.8, 4) is 11.5 Å². The Morgan fingerprint density at radius 3 is 2.96 bits per heavy atom. The molecule has 6 nitrogen and oxygen atoms in total. The molecule has 7 heteroatoms. The molecule has 1 aromatic carbocycles. The van der Waals surface area contributed by atoms with Crippen LogP contribution in [0.25, 0.3) is 11.0 Å². The molecule has 25 heavy (non-hydrogen) atoms. The molecule has 0 spiro atoms. The Kier molecular flexibility index (Phi) is 5.35. The number of imidazole rings is 1. The lowest BCUT2D eigenvalue weighted by Crippen LogP contribution is -2.23. The van der Waals surface area contributed by atoms with E-state index in [0.717, 1.165) is 16.2 Å². The fourth-order valence-corrected chi connectivity index (χ4v) is 3.15. The molecule has 0 aliphatic heterocycles. The Morgan fingerprint density at radius 1 is 1.32 bits per heavy atom. The highest BCUT2D eigenvalue weighted by molar-refractivity contribution is 7.15. The van der Waals surface area contributed by atoms with Crippen LogP contribution in [-0.4, -0.2) is 36.1 Å². The first-order valence-corrected chi connectivity index (χ1v) is 8.66. The molecule has 0 bridgehead atoms. The molecule has 130 valence electrons. The van der Waals surface area contributed by atoms with Gasteiger partial charge in [-0.05, 0) is 30.2 Å². The summed E-state index contributed by atoms with van der Waals surface area (Å²) in [7, 11) is 3.21. The van der Waals surface area contributed by atoms with Crippen molar-refractivity contribution in [2.24, 2.45) is 0 Å². The zero-order chi connectivity index (χ0) is 17.6. The van der Waals surface area contributed by atoms with Crippen LogP contribution in [0.2, 0.25) is 0 Å². The molecular weight excluding hydrogens is 338 g/mol. The molecule has 2 heterocycles. The molecule has 1 amide bonds. The topological polar surface area (TPSA) is 64.9 Å². The minimum atomic E-state index is -0.134. The average Bonchev–Trinajstić information content (AvgIpc) is 3.24. The van der Waals surface area contributed by atoms with Crippen molar-refractivity contribution in [2.75, 3.05) is 20.8 Å². The van der Waals surface area contributed by atoms with E-state index in [1.807, 2.05) is 34.2 Å². The standard InChI is InChI=1S/C18H19N3O3S/c1-23-15-5-3-13(11-16(15)24-2)7-8-19-17(22)6-4-14-12-20-18-21(14)9-10-25-18/h3-6,9-12H,7-8H2,1-2H3,(H,19,22)/b6-4+. The van der Waals surface area contributed by atoms with Crippen LogP contribution < -0.4 is 14.8 Å². The molecule has 0 aliphatic carbocycles. The molecule has 0 saturated heterocycles. The largest absolute Gasteiger partial charge is 0.493 e. The highest BCUT2D eigenvalue weighted by Crippen LogP contribution is 2.27. The van der Waals surface area contributed by atoms with E-state index in [2.05, 4.69) is 10.3 Å². The lowest BCUT2D eigenvalue weighted by atomic mass is 10.1. The Balaban J connectivity index is 1.52. The highest BCUT2D eigenvalue weighted by atomic mass is 32.1. The number of hydrogen-bond donors (Lipinski definition) is 1. The van der Waals surface area contributed by atoms with E-state index in [4.69, 9.17) is 9.47 Å². The second-order valence-electron chi connectivity index (χ2n) is 5.30. The number of carbonyl (C=O) groups is 1. The van der Waals surface area contributed by atoms with Gasteiger partial charge in [0.2, 0.25) is 5.91 Å². The van der Waals surface area contributed by atoms with Crippen LogP contribution in [0.4, 0.5) is 0 Å². The SMILES string of the molecule is COc1ccc(CCNC(=O)/C=C/c2cnc3sccn23)cc1OC. The molecule has 0 radical (unpaired) electrons. The number of benzene rings is 1. The van der Waals surface area contributed by atoms with Gasteiger partial charge in [0.1, 0.15) is 0 Å². The van der Waals surface area contributed by atoms with Crippen molar-refractivity contribution < 1.29 is 14.3 Å². The number of amides is 1. The van der Waals surface area contributed by atoms with E-state index in [9.17, 15) is 4.79 Å². The van der Waals surface area contributed by atoms with Crippen LogP contribution in [0.1, 0.15) is 11.3 Å². The van der Waals surface area contributed by atoms with E-state index in [1.165, 1.54) is 6.08 Å². The van der Waals surface area contributed by atoms with Crippen molar-refractivity contribution in [3.05, 3.63) is 53.3 Å². The summed E-state index contributed by atoms with van der Waals surface area (Å²) in [6.07, 6.45) is 7.68. The summed E-state index contributed by atoms with van der Waals surface area (Å²) < 4.78 is 12.4. The van der Waals surface area contributed by atoms with Crippen molar-refractivity contribution in [3.63, 3.8) is 0 Å². The van der Waals surface area contributed by atoms with Crippen molar-refractivity contribution in [2.45, 2.75) is 6.42 Å². The fourth-order valence-electron chi connectivity index (χ4n) is 2.45. The third kappa shape index (κ3) is 4.00. The van der Waals surface area contributed by atoms with Gasteiger partial charge in [-0.1, -0.05) is 6.07 Å². The summed E-state index contributed by atoms with van der Waals surface area (Å²) in [6, 6.07) is 5.74. The van der Waals surface area contributed by atoms with Gasteiger partial charge in [-0.2, -0.15) is 0 Å². The molecule has 0 saturated carbocycles. The van der Waals surface area contributed by atoms with Crippen LogP contribution in [0.5, 0.6) is 11.5 Å². The third-order valence-corrected chi connectivity index (χ3v) is 4.51. The van der Waals surface area contributed by atoms with E-state index in [1.54, 1.807) is 37.8 Å². The monoisotopic (exact) mass is 357 g/mol. The molecule has 3 rings (SSSR count). The Hall–Kier alpha value is -2.80. The van der Waals surface area contributed by atoms with E-state index >= 15 is 0 Å². The predicted octanol–water partition coefficient (Wildman–Crippen LogP) is 2.79. The zero-order valence-corrected chi connectivity index (χ0v) is 14.9. The molecule has 0 atom stereocenters. The molecule has 3 aromatic rings. The average molecular weight is 357 g/mol. The number of ether oxygens (including phenoxy) is 2. The lowest BCUT2D eigenvalue weighted by Gasteiger charge is -2.09. The van der Waals surface area contributed by atoms with Gasteiger partial charge in [0.05, 0.1) is 26.1 Å². The number of hydrogen-bond acceptors (Lipinski definition) is 5. The smallest absolute Gasteiger partial charge is 0.244 e. The quantitative estimate of drug-likeness (QED) is 0.661. The van der Waals surface area contributed by atoms with Crippen molar-refractivity contribution in [1.29, 1.82) is 0 Å². The first kappa shape index (κ1) is 17.0. The van der Waals surface area contributed by atoms with Crippen LogP contribution >= 0.6 is 11.3 Å². The van der Waals surface area contributed by atoms with Gasteiger partial charge in [0.15, 0.2) is 16.5 Å². The lowest BCUT2D eigenvalue weighted by molar-refractivity contribution is -0.116. The number of rotatable bonds is 7. The first-order chi connectivity index (χ1) is 12.2. The fraction of sp³-hybridized carbons (Fsp3) is 0.222. The molecule has 2 aromatic heterocycles. The molecule has 1 N–H and O–H groups in total. The van der Waals surface area contributed by atoms with Crippen LogP contribution in [0.3, 0.4) is 0 Å². The van der Waals surface area contributed by atoms with Gasteiger partial charge in [0.25, 0.3) is 0 Å². The van der Waals surface area contributed by atoms with Crippen LogP contribution in [0.15, 0.2) is 42.0 Å². The van der Waals surface area contributed by atoms with Crippen LogP contribution in [0, 0.1) is 0 Å². The maximum atomic E-state index is 12.0. The molecule has 0 aliphatic rings. The summed E-state index contributed by atoms with van der Waals surface area (Å²) in [5.74, 6) is 1.25. The minimum Gasteiger partial charge on any atom is -0.493 e. The Labute approximate surface area is 149 Å². The number of aromatic nitrogens is 2. The van der Waals surface area contributed by atoms with Gasteiger partial charge in [-0.3, -0.25) is 9.20 Å². The number of nitrogens with one attached hydrogen (secondary N) is 1. The van der Waals surface area contributed by atoms with Crippen LogP contribution in [-0.2, 0) is 11.2 Å². The summed E-state index contributed by atoms with van der Waals surface area (Å²) in [6.45, 7) is 0.541. The van der Waals surface area contributed by atoms with E-state index in [0.29, 0.717) is 24.5 Å². The maximum absolute atomic E-state index is 12.0. The van der Waals surface area contributed by atoms with Gasteiger partial charge in [-0.25, -0.2) is 4.98 Å². The molecular formula is C18H19N3O3S. The zero-order valence-electron chi connectivity index (χ0n) is 14.1. The number of nitrogens with zero attached hydrogens (tertiary/aromatic N) is 2. The second kappa shape index (κ2) is 7.85. The summed E-state index contributed by atoms with van der Waals surface area (Å²) in [4.78, 5) is 17.1. The van der Waals surface area contributed by atoms with Gasteiger partial charge in [0, 0.05) is 24.2 Å². The third-order valence-electron chi connectivity index (χ3n) is 3.74. The number of fused-ring (bicyclic) bond motifs is 1. The van der Waals surface area contributed by atoms with Crippen molar-refractivity contribution >= 4 is 28.3 Å².